The molecule has 16 heavy (non-hydrogen) atoms. The maximum atomic E-state index is 5.75. The first kappa shape index (κ1) is 11.9. The van der Waals surface area contributed by atoms with Gasteiger partial charge in [0.2, 0.25) is 0 Å². The van der Waals surface area contributed by atoms with Crippen LogP contribution < -0.4 is 5.32 Å². The van der Waals surface area contributed by atoms with Crippen LogP contribution in [0, 0.1) is 0 Å². The van der Waals surface area contributed by atoms with Crippen molar-refractivity contribution in [2.45, 2.75) is 31.8 Å². The Morgan fingerprint density at radius 3 is 2.88 bits per heavy atom. The molecule has 2 rings (SSSR count). The largest absolute Gasteiger partial charge is 0.376 e. The van der Waals surface area contributed by atoms with Gasteiger partial charge in [-0.05, 0) is 40.9 Å². The first-order chi connectivity index (χ1) is 7.84. The van der Waals surface area contributed by atoms with Crippen LogP contribution in [0.1, 0.15) is 25.7 Å². The van der Waals surface area contributed by atoms with Crippen LogP contribution in [-0.2, 0) is 4.74 Å². The summed E-state index contributed by atoms with van der Waals surface area (Å²) in [4.78, 5) is 4.23. The lowest BCUT2D eigenvalue weighted by molar-refractivity contribution is 0.0658. The Bertz CT molecular complexity index is 309. The summed E-state index contributed by atoms with van der Waals surface area (Å²) in [5.74, 6) is 0.901. The van der Waals surface area contributed by atoms with Gasteiger partial charge in [-0.2, -0.15) is 0 Å². The Balaban J connectivity index is 1.62. The van der Waals surface area contributed by atoms with Gasteiger partial charge in [0.15, 0.2) is 0 Å². The predicted octanol–water partition coefficient (Wildman–Crippen LogP) is 3.22. The highest BCUT2D eigenvalue weighted by Crippen LogP contribution is 2.20. The summed E-state index contributed by atoms with van der Waals surface area (Å²) >= 11 is 3.36. The molecule has 0 aliphatic heterocycles. The number of ether oxygens (including phenoxy) is 1. The van der Waals surface area contributed by atoms with Crippen molar-refractivity contribution < 1.29 is 4.74 Å². The van der Waals surface area contributed by atoms with Gasteiger partial charge in [0.05, 0.1) is 12.7 Å². The molecule has 1 aliphatic carbocycles. The summed E-state index contributed by atoms with van der Waals surface area (Å²) in [6.07, 6.45) is 7.41. The molecule has 1 aromatic heterocycles. The van der Waals surface area contributed by atoms with E-state index in [-0.39, 0.29) is 0 Å². The molecule has 0 saturated heterocycles. The van der Waals surface area contributed by atoms with Crippen molar-refractivity contribution in [2.24, 2.45) is 0 Å². The van der Waals surface area contributed by atoms with Gasteiger partial charge in [-0.25, -0.2) is 4.98 Å². The average molecular weight is 285 g/mol. The number of aromatic nitrogens is 1. The number of rotatable bonds is 5. The zero-order valence-electron chi connectivity index (χ0n) is 9.29. The number of nitrogens with zero attached hydrogens (tertiary/aromatic N) is 1. The Hall–Kier alpha value is -0.610. The molecule has 0 amide bonds. The second-order valence-electron chi connectivity index (χ2n) is 4.07. The molecular weight excluding hydrogens is 268 g/mol. The fourth-order valence-corrected chi connectivity index (χ4v) is 2.17. The van der Waals surface area contributed by atoms with Crippen LogP contribution in [0.15, 0.2) is 22.8 Å². The number of hydrogen-bond acceptors (Lipinski definition) is 3. The highest BCUT2D eigenvalue weighted by atomic mass is 79.9. The van der Waals surface area contributed by atoms with E-state index in [0.29, 0.717) is 6.10 Å². The first-order valence-electron chi connectivity index (χ1n) is 5.81. The number of anilines is 1. The van der Waals surface area contributed by atoms with E-state index in [1.165, 1.54) is 25.7 Å². The molecule has 1 fully saturated rings. The molecule has 0 bridgehead atoms. The molecule has 4 heteroatoms. The highest BCUT2D eigenvalue weighted by molar-refractivity contribution is 9.10. The Labute approximate surface area is 105 Å². The number of nitrogens with one attached hydrogen (secondary N) is 1. The van der Waals surface area contributed by atoms with E-state index in [1.54, 1.807) is 6.20 Å². The molecule has 1 saturated carbocycles. The summed E-state index contributed by atoms with van der Waals surface area (Å²) in [7, 11) is 0. The van der Waals surface area contributed by atoms with Gasteiger partial charge in [0.1, 0.15) is 5.82 Å². The molecule has 1 aliphatic rings. The van der Waals surface area contributed by atoms with Gasteiger partial charge in [-0.15, -0.1) is 0 Å². The van der Waals surface area contributed by atoms with Gasteiger partial charge < -0.3 is 10.1 Å². The van der Waals surface area contributed by atoms with Crippen molar-refractivity contribution in [1.82, 2.24) is 4.98 Å². The summed E-state index contributed by atoms with van der Waals surface area (Å²) in [5, 5.41) is 3.24. The SMILES string of the molecule is Brc1ccc(NCCOC2CCCC2)nc1. The molecule has 88 valence electrons. The van der Waals surface area contributed by atoms with Crippen LogP contribution in [0.3, 0.4) is 0 Å². The molecule has 0 radical (unpaired) electrons. The van der Waals surface area contributed by atoms with Crippen LogP contribution in [0.25, 0.3) is 0 Å². The zero-order valence-corrected chi connectivity index (χ0v) is 10.9. The van der Waals surface area contributed by atoms with Crippen LogP contribution in [-0.4, -0.2) is 24.2 Å². The van der Waals surface area contributed by atoms with Crippen molar-refractivity contribution in [3.05, 3.63) is 22.8 Å². The maximum Gasteiger partial charge on any atom is 0.126 e. The van der Waals surface area contributed by atoms with E-state index in [1.807, 2.05) is 12.1 Å². The van der Waals surface area contributed by atoms with Crippen molar-refractivity contribution in [3.8, 4) is 0 Å². The van der Waals surface area contributed by atoms with Gasteiger partial charge in [-0.1, -0.05) is 12.8 Å². The number of halogens is 1. The lowest BCUT2D eigenvalue weighted by atomic mass is 10.3. The number of pyridine rings is 1. The second kappa shape index (κ2) is 6.21. The van der Waals surface area contributed by atoms with Gasteiger partial charge in [0, 0.05) is 17.2 Å². The second-order valence-corrected chi connectivity index (χ2v) is 4.98. The van der Waals surface area contributed by atoms with Crippen molar-refractivity contribution in [2.75, 3.05) is 18.5 Å². The van der Waals surface area contributed by atoms with Gasteiger partial charge in [0.25, 0.3) is 0 Å². The van der Waals surface area contributed by atoms with E-state index < -0.39 is 0 Å². The van der Waals surface area contributed by atoms with E-state index in [2.05, 4.69) is 26.2 Å². The van der Waals surface area contributed by atoms with E-state index in [9.17, 15) is 0 Å². The van der Waals surface area contributed by atoms with Crippen molar-refractivity contribution in [3.63, 3.8) is 0 Å². The van der Waals surface area contributed by atoms with Gasteiger partial charge >= 0.3 is 0 Å². The minimum Gasteiger partial charge on any atom is -0.376 e. The molecule has 0 unspecified atom stereocenters. The minimum atomic E-state index is 0.500. The Kier molecular flexibility index (Phi) is 4.60. The molecule has 0 spiro atoms. The molecular formula is C12H17BrN2O. The minimum absolute atomic E-state index is 0.500. The van der Waals surface area contributed by atoms with Crippen LogP contribution in [0.2, 0.25) is 0 Å². The molecule has 1 aromatic rings. The fourth-order valence-electron chi connectivity index (χ4n) is 1.94. The van der Waals surface area contributed by atoms with E-state index in [0.717, 1.165) is 23.4 Å². The predicted molar refractivity (Wildman–Crippen MR) is 68.6 cm³/mol. The standard InChI is InChI=1S/C12H17BrN2O/c13-10-5-6-12(15-9-10)14-7-8-16-11-3-1-2-4-11/h5-6,9,11H,1-4,7-8H2,(H,14,15). The third-order valence-corrected chi connectivity index (χ3v) is 3.26. The quantitative estimate of drug-likeness (QED) is 0.843. The first-order valence-corrected chi connectivity index (χ1v) is 6.61. The summed E-state index contributed by atoms with van der Waals surface area (Å²) in [5.41, 5.74) is 0. The third-order valence-electron chi connectivity index (χ3n) is 2.79. The smallest absolute Gasteiger partial charge is 0.126 e. The monoisotopic (exact) mass is 284 g/mol. The normalized spacial score (nSPS) is 16.6. The fraction of sp³-hybridized carbons (Fsp3) is 0.583. The van der Waals surface area contributed by atoms with Crippen molar-refractivity contribution >= 4 is 21.7 Å². The third kappa shape index (κ3) is 3.76. The highest BCUT2D eigenvalue weighted by Gasteiger charge is 2.14. The molecule has 0 aromatic carbocycles. The summed E-state index contributed by atoms with van der Waals surface area (Å²) < 4.78 is 6.75. The topological polar surface area (TPSA) is 34.1 Å². The summed E-state index contributed by atoms with van der Waals surface area (Å²) in [6.45, 7) is 1.59. The van der Waals surface area contributed by atoms with Crippen LogP contribution in [0.5, 0.6) is 0 Å². The lowest BCUT2D eigenvalue weighted by Crippen LogP contribution is -2.15. The molecule has 1 N–H and O–H groups in total. The molecule has 1 heterocycles. The maximum absolute atomic E-state index is 5.75. The van der Waals surface area contributed by atoms with Crippen LogP contribution in [0.4, 0.5) is 5.82 Å². The summed E-state index contributed by atoms with van der Waals surface area (Å²) in [6, 6.07) is 3.94. The van der Waals surface area contributed by atoms with Crippen molar-refractivity contribution in [1.29, 1.82) is 0 Å². The molecule has 3 nitrogen and oxygen atoms in total. The lowest BCUT2D eigenvalue weighted by Gasteiger charge is -2.11. The molecule has 0 atom stereocenters. The van der Waals surface area contributed by atoms with E-state index in [4.69, 9.17) is 4.74 Å². The van der Waals surface area contributed by atoms with Gasteiger partial charge in [-0.3, -0.25) is 0 Å². The van der Waals surface area contributed by atoms with E-state index >= 15 is 0 Å². The Morgan fingerprint density at radius 1 is 1.38 bits per heavy atom. The Morgan fingerprint density at radius 2 is 2.19 bits per heavy atom. The van der Waals surface area contributed by atoms with Crippen LogP contribution >= 0.6 is 15.9 Å². The average Bonchev–Trinajstić information content (AvgIpc) is 2.80. The number of hydrogen-bond donors (Lipinski definition) is 1. The zero-order chi connectivity index (χ0) is 11.2.